The summed E-state index contributed by atoms with van der Waals surface area (Å²) in [5.41, 5.74) is 2.39. The molecule has 0 aliphatic carbocycles. The average Bonchev–Trinajstić information content (AvgIpc) is 3.21. The number of hydrogen-bond acceptors (Lipinski definition) is 5. The molecule has 9 heteroatoms. The van der Waals surface area contributed by atoms with Crippen molar-refractivity contribution in [3.05, 3.63) is 70.5 Å². The molecule has 0 saturated heterocycles. The standard InChI is InChI=1S/C23H26ClN5O2S/c1-4-16-10-12-17(13-11-16)26-20(30)14-32-23-28-27-21(29(23)5-2)15(3)25-22(31)18-8-6-7-9-19(18)24/h6-13,15H,4-5,14H2,1-3H3,(H,25,31)(H,26,30)/t15-/m1/s1. The highest BCUT2D eigenvalue weighted by atomic mass is 35.5. The Hall–Kier alpha value is -2.84. The van der Waals surface area contributed by atoms with Crippen LogP contribution in [0.5, 0.6) is 0 Å². The Balaban J connectivity index is 1.61. The minimum atomic E-state index is -0.383. The number of aromatic nitrogens is 3. The first-order valence-electron chi connectivity index (χ1n) is 10.4. The first-order valence-corrected chi connectivity index (χ1v) is 11.8. The summed E-state index contributed by atoms with van der Waals surface area (Å²) in [5.74, 6) is 0.419. The van der Waals surface area contributed by atoms with Crippen molar-refractivity contribution in [3.63, 3.8) is 0 Å². The van der Waals surface area contributed by atoms with Crippen LogP contribution in [0.3, 0.4) is 0 Å². The molecule has 2 N–H and O–H groups in total. The summed E-state index contributed by atoms with van der Waals surface area (Å²) in [6.07, 6.45) is 0.955. The number of carbonyl (C=O) groups is 2. The molecule has 2 amide bonds. The predicted octanol–water partition coefficient (Wildman–Crippen LogP) is 4.74. The molecule has 1 heterocycles. The number of nitrogens with zero attached hydrogens (tertiary/aromatic N) is 3. The zero-order valence-electron chi connectivity index (χ0n) is 18.3. The van der Waals surface area contributed by atoms with Gasteiger partial charge in [0.05, 0.1) is 22.4 Å². The van der Waals surface area contributed by atoms with E-state index in [0.717, 1.165) is 12.1 Å². The van der Waals surface area contributed by atoms with Crippen LogP contribution < -0.4 is 10.6 Å². The topological polar surface area (TPSA) is 88.9 Å². The number of benzene rings is 2. The van der Waals surface area contributed by atoms with Crippen molar-refractivity contribution in [2.45, 2.75) is 44.9 Å². The summed E-state index contributed by atoms with van der Waals surface area (Å²) < 4.78 is 1.89. The molecule has 3 rings (SSSR count). The third kappa shape index (κ3) is 5.89. The fourth-order valence-corrected chi connectivity index (χ4v) is 4.19. The number of thioether (sulfide) groups is 1. The second-order valence-electron chi connectivity index (χ2n) is 7.15. The Labute approximate surface area is 197 Å². The van der Waals surface area contributed by atoms with E-state index < -0.39 is 0 Å². The molecule has 0 unspecified atom stereocenters. The summed E-state index contributed by atoms with van der Waals surface area (Å²) in [4.78, 5) is 24.9. The Morgan fingerprint density at radius 3 is 2.47 bits per heavy atom. The van der Waals surface area contributed by atoms with Gasteiger partial charge in [0.1, 0.15) is 0 Å². The van der Waals surface area contributed by atoms with Gasteiger partial charge in [0.15, 0.2) is 11.0 Å². The van der Waals surface area contributed by atoms with Crippen LogP contribution in [0.4, 0.5) is 5.69 Å². The Morgan fingerprint density at radius 1 is 1.09 bits per heavy atom. The van der Waals surface area contributed by atoms with Gasteiger partial charge in [-0.2, -0.15) is 0 Å². The summed E-state index contributed by atoms with van der Waals surface area (Å²) >= 11 is 7.43. The van der Waals surface area contributed by atoms with Gasteiger partial charge in [-0.1, -0.05) is 54.6 Å². The number of anilines is 1. The largest absolute Gasteiger partial charge is 0.342 e. The molecule has 7 nitrogen and oxygen atoms in total. The SMILES string of the molecule is CCc1ccc(NC(=O)CSc2nnc([C@@H](C)NC(=O)c3ccccc3Cl)n2CC)cc1. The van der Waals surface area contributed by atoms with E-state index in [4.69, 9.17) is 11.6 Å². The monoisotopic (exact) mass is 471 g/mol. The van der Waals surface area contributed by atoms with Crippen molar-refractivity contribution >= 4 is 40.9 Å². The Bertz CT molecular complexity index is 1080. The third-order valence-electron chi connectivity index (χ3n) is 4.89. The summed E-state index contributed by atoms with van der Waals surface area (Å²) in [5, 5.41) is 15.3. The quantitative estimate of drug-likeness (QED) is 0.440. The Kier molecular flexibility index (Phi) is 8.30. The number of carbonyl (C=O) groups excluding carboxylic acids is 2. The number of nitrogens with one attached hydrogen (secondary N) is 2. The Morgan fingerprint density at radius 2 is 1.81 bits per heavy atom. The molecule has 0 radical (unpaired) electrons. The van der Waals surface area contributed by atoms with Crippen molar-refractivity contribution in [1.82, 2.24) is 20.1 Å². The van der Waals surface area contributed by atoms with Gasteiger partial charge in [-0.15, -0.1) is 10.2 Å². The molecule has 0 fully saturated rings. The van der Waals surface area contributed by atoms with Crippen molar-refractivity contribution < 1.29 is 9.59 Å². The molecule has 2 aromatic carbocycles. The van der Waals surface area contributed by atoms with E-state index in [1.807, 2.05) is 42.7 Å². The maximum atomic E-state index is 12.6. The van der Waals surface area contributed by atoms with Gasteiger partial charge in [0, 0.05) is 12.2 Å². The van der Waals surface area contributed by atoms with E-state index in [0.29, 0.717) is 28.1 Å². The van der Waals surface area contributed by atoms with E-state index in [9.17, 15) is 9.59 Å². The number of amides is 2. The van der Waals surface area contributed by atoms with Crippen LogP contribution in [0.1, 0.15) is 48.6 Å². The van der Waals surface area contributed by atoms with Gasteiger partial charge >= 0.3 is 0 Å². The highest BCUT2D eigenvalue weighted by Crippen LogP contribution is 2.22. The van der Waals surface area contributed by atoms with Crippen molar-refractivity contribution in [2.24, 2.45) is 0 Å². The lowest BCUT2D eigenvalue weighted by Crippen LogP contribution is -2.29. The normalized spacial score (nSPS) is 11.8. The van der Waals surface area contributed by atoms with E-state index in [-0.39, 0.29) is 23.6 Å². The van der Waals surface area contributed by atoms with E-state index in [1.54, 1.807) is 24.3 Å². The fourth-order valence-electron chi connectivity index (χ4n) is 3.16. The minimum Gasteiger partial charge on any atom is -0.342 e. The number of halogens is 1. The highest BCUT2D eigenvalue weighted by Gasteiger charge is 2.21. The van der Waals surface area contributed by atoms with Gasteiger partial charge in [-0.25, -0.2) is 0 Å². The zero-order valence-corrected chi connectivity index (χ0v) is 19.8. The highest BCUT2D eigenvalue weighted by molar-refractivity contribution is 7.99. The van der Waals surface area contributed by atoms with Crippen LogP contribution >= 0.6 is 23.4 Å². The van der Waals surface area contributed by atoms with Crippen LogP contribution in [-0.2, 0) is 17.8 Å². The van der Waals surface area contributed by atoms with Crippen molar-refractivity contribution in [2.75, 3.05) is 11.1 Å². The van der Waals surface area contributed by atoms with E-state index >= 15 is 0 Å². The summed E-state index contributed by atoms with van der Waals surface area (Å²) in [7, 11) is 0. The molecule has 0 aliphatic rings. The van der Waals surface area contributed by atoms with Gasteiger partial charge in [0.25, 0.3) is 5.91 Å². The minimum absolute atomic E-state index is 0.119. The van der Waals surface area contributed by atoms with E-state index in [1.165, 1.54) is 17.3 Å². The van der Waals surface area contributed by atoms with Crippen molar-refractivity contribution in [1.29, 1.82) is 0 Å². The second-order valence-corrected chi connectivity index (χ2v) is 8.50. The molecule has 168 valence electrons. The van der Waals surface area contributed by atoms with Gasteiger partial charge < -0.3 is 15.2 Å². The molecular formula is C23H26ClN5O2S. The van der Waals surface area contributed by atoms with Crippen LogP contribution in [-0.4, -0.2) is 32.3 Å². The van der Waals surface area contributed by atoms with Gasteiger partial charge in [-0.3, -0.25) is 9.59 Å². The molecule has 32 heavy (non-hydrogen) atoms. The van der Waals surface area contributed by atoms with Gasteiger partial charge in [-0.05, 0) is 50.1 Å². The average molecular weight is 472 g/mol. The summed E-state index contributed by atoms with van der Waals surface area (Å²) in [6.45, 7) is 6.50. The van der Waals surface area contributed by atoms with E-state index in [2.05, 4.69) is 27.8 Å². The molecule has 1 atom stereocenters. The first-order chi connectivity index (χ1) is 15.4. The molecule has 0 saturated carbocycles. The lowest BCUT2D eigenvalue weighted by molar-refractivity contribution is -0.113. The molecule has 3 aromatic rings. The van der Waals surface area contributed by atoms with Crippen LogP contribution in [0, 0.1) is 0 Å². The fraction of sp³-hybridized carbons (Fsp3) is 0.304. The molecule has 0 spiro atoms. The first kappa shape index (κ1) is 23.8. The zero-order chi connectivity index (χ0) is 23.1. The molecule has 0 aliphatic heterocycles. The lowest BCUT2D eigenvalue weighted by Gasteiger charge is -2.15. The predicted molar refractivity (Wildman–Crippen MR) is 128 cm³/mol. The number of aryl methyl sites for hydroxylation is 1. The maximum Gasteiger partial charge on any atom is 0.253 e. The second kappa shape index (κ2) is 11.2. The maximum absolute atomic E-state index is 12.6. The third-order valence-corrected chi connectivity index (χ3v) is 6.19. The number of hydrogen-bond donors (Lipinski definition) is 2. The van der Waals surface area contributed by atoms with Crippen LogP contribution in [0.25, 0.3) is 0 Å². The van der Waals surface area contributed by atoms with Gasteiger partial charge in [0.2, 0.25) is 5.91 Å². The lowest BCUT2D eigenvalue weighted by atomic mass is 10.1. The smallest absolute Gasteiger partial charge is 0.253 e. The summed E-state index contributed by atoms with van der Waals surface area (Å²) in [6, 6.07) is 14.3. The molecular weight excluding hydrogens is 446 g/mol. The van der Waals surface area contributed by atoms with Crippen LogP contribution in [0.15, 0.2) is 53.7 Å². The number of rotatable bonds is 9. The molecule has 0 bridgehead atoms. The molecule has 1 aromatic heterocycles. The van der Waals surface area contributed by atoms with Crippen LogP contribution in [0.2, 0.25) is 5.02 Å². The van der Waals surface area contributed by atoms with Crippen molar-refractivity contribution in [3.8, 4) is 0 Å².